The van der Waals surface area contributed by atoms with Crippen molar-refractivity contribution in [3.8, 4) is 11.5 Å². The lowest BCUT2D eigenvalue weighted by atomic mass is 10.1. The molecule has 0 radical (unpaired) electrons. The van der Waals surface area contributed by atoms with Gasteiger partial charge in [-0.25, -0.2) is 0 Å². The number of hydrogen-bond donors (Lipinski definition) is 0. The van der Waals surface area contributed by atoms with Gasteiger partial charge in [-0.2, -0.15) is 0 Å². The van der Waals surface area contributed by atoms with Gasteiger partial charge < -0.3 is 24.2 Å². The van der Waals surface area contributed by atoms with Crippen molar-refractivity contribution in [2.24, 2.45) is 0 Å². The molecular formula is C25H30N4O3. The van der Waals surface area contributed by atoms with Crippen molar-refractivity contribution < 1.29 is 14.3 Å². The van der Waals surface area contributed by atoms with Gasteiger partial charge in [0.1, 0.15) is 13.2 Å². The summed E-state index contributed by atoms with van der Waals surface area (Å²) in [6.07, 6.45) is 1.06. The number of nitrogens with zero attached hydrogens (tertiary/aromatic N) is 4. The zero-order chi connectivity index (χ0) is 21.5. The van der Waals surface area contributed by atoms with E-state index in [2.05, 4.69) is 37.8 Å². The third-order valence-electron chi connectivity index (χ3n) is 7.19. The number of anilines is 2. The Hall–Kier alpha value is -2.93. The third kappa shape index (κ3) is 3.54. The van der Waals surface area contributed by atoms with E-state index >= 15 is 0 Å². The maximum atomic E-state index is 13.2. The quantitative estimate of drug-likeness (QED) is 0.735. The van der Waals surface area contributed by atoms with E-state index in [-0.39, 0.29) is 5.91 Å². The van der Waals surface area contributed by atoms with E-state index in [9.17, 15) is 4.79 Å². The molecule has 168 valence electrons. The summed E-state index contributed by atoms with van der Waals surface area (Å²) < 4.78 is 11.4. The summed E-state index contributed by atoms with van der Waals surface area (Å²) in [5.41, 5.74) is 4.60. The first-order chi connectivity index (χ1) is 15.8. The zero-order valence-corrected chi connectivity index (χ0v) is 18.5. The number of carbonyl (C=O) groups is 1. The molecule has 1 saturated heterocycles. The highest BCUT2D eigenvalue weighted by molar-refractivity contribution is 6.01. The van der Waals surface area contributed by atoms with Gasteiger partial charge in [0.15, 0.2) is 11.5 Å². The fraction of sp³-hybridized carbons (Fsp3) is 0.480. The average Bonchev–Trinajstić information content (AvgIpc) is 3.21. The minimum atomic E-state index is 0.196. The number of fused-ring (bicyclic) bond motifs is 1. The number of amides is 1. The van der Waals surface area contributed by atoms with Crippen LogP contribution in [-0.2, 0) is 6.42 Å². The Morgan fingerprint density at radius 2 is 1.59 bits per heavy atom. The maximum Gasteiger partial charge on any atom is 0.256 e. The van der Waals surface area contributed by atoms with Gasteiger partial charge in [0.05, 0.1) is 11.3 Å². The Balaban J connectivity index is 1.06. The van der Waals surface area contributed by atoms with Crippen molar-refractivity contribution in [3.63, 3.8) is 0 Å². The van der Waals surface area contributed by atoms with Crippen LogP contribution in [0.15, 0.2) is 36.4 Å². The first-order valence-electron chi connectivity index (χ1n) is 11.8. The minimum Gasteiger partial charge on any atom is -0.486 e. The molecule has 32 heavy (non-hydrogen) atoms. The van der Waals surface area contributed by atoms with Crippen LogP contribution in [0, 0.1) is 0 Å². The van der Waals surface area contributed by atoms with E-state index in [1.807, 2.05) is 18.2 Å². The van der Waals surface area contributed by atoms with E-state index in [0.29, 0.717) is 13.2 Å². The van der Waals surface area contributed by atoms with Crippen LogP contribution in [0.4, 0.5) is 11.4 Å². The molecule has 0 aromatic heterocycles. The molecule has 0 spiro atoms. The molecule has 0 aliphatic carbocycles. The lowest BCUT2D eigenvalue weighted by Gasteiger charge is -2.37. The second-order valence-electron chi connectivity index (χ2n) is 9.00. The van der Waals surface area contributed by atoms with Crippen LogP contribution in [0.3, 0.4) is 0 Å². The highest BCUT2D eigenvalue weighted by Gasteiger charge is 2.31. The summed E-state index contributed by atoms with van der Waals surface area (Å²) >= 11 is 0. The van der Waals surface area contributed by atoms with Crippen molar-refractivity contribution in [1.82, 2.24) is 9.80 Å². The van der Waals surface area contributed by atoms with Gasteiger partial charge in [0, 0.05) is 70.7 Å². The van der Waals surface area contributed by atoms with Gasteiger partial charge in [-0.15, -0.1) is 0 Å². The number of benzene rings is 2. The molecule has 0 atom stereocenters. The molecule has 4 aliphatic heterocycles. The normalized spacial score (nSPS) is 20.4. The fourth-order valence-corrected chi connectivity index (χ4v) is 5.38. The van der Waals surface area contributed by atoms with Crippen LogP contribution in [-0.4, -0.2) is 87.8 Å². The van der Waals surface area contributed by atoms with Gasteiger partial charge in [0.25, 0.3) is 5.91 Å². The standard InChI is InChI=1S/C25H30N4O3/c30-25-21-3-1-2-19-6-7-28(24(19)21)14-15-29(25)13-10-26-8-11-27(12-9-26)20-4-5-22-23(18-20)32-17-16-31-22/h1-5,18H,6-17H2. The minimum absolute atomic E-state index is 0.196. The SMILES string of the molecule is O=C1c2cccc3c2N(CC3)CCN1CCN1CCN(c2ccc3c(c2)OCCO3)CC1. The Kier molecular flexibility index (Phi) is 5.06. The molecule has 0 bridgehead atoms. The molecule has 4 heterocycles. The van der Waals surface area contributed by atoms with E-state index < -0.39 is 0 Å². The molecule has 7 heteroatoms. The second-order valence-corrected chi connectivity index (χ2v) is 9.00. The smallest absolute Gasteiger partial charge is 0.256 e. The first-order valence-corrected chi connectivity index (χ1v) is 11.8. The van der Waals surface area contributed by atoms with Crippen LogP contribution >= 0.6 is 0 Å². The van der Waals surface area contributed by atoms with Crippen LogP contribution in [0.5, 0.6) is 11.5 Å². The summed E-state index contributed by atoms with van der Waals surface area (Å²) in [7, 11) is 0. The predicted molar refractivity (Wildman–Crippen MR) is 124 cm³/mol. The molecule has 4 aliphatic rings. The molecular weight excluding hydrogens is 404 g/mol. The Bertz CT molecular complexity index is 1020. The number of rotatable bonds is 4. The molecule has 0 N–H and O–H groups in total. The summed E-state index contributed by atoms with van der Waals surface area (Å²) in [4.78, 5) is 22.6. The Morgan fingerprint density at radius 1 is 0.781 bits per heavy atom. The van der Waals surface area contributed by atoms with Gasteiger partial charge in [-0.1, -0.05) is 12.1 Å². The highest BCUT2D eigenvalue weighted by Crippen LogP contribution is 2.35. The number of hydrogen-bond acceptors (Lipinski definition) is 6. The van der Waals surface area contributed by atoms with Crippen LogP contribution in [0.25, 0.3) is 0 Å². The second kappa shape index (κ2) is 8.20. The van der Waals surface area contributed by atoms with Gasteiger partial charge in [0.2, 0.25) is 0 Å². The van der Waals surface area contributed by atoms with Gasteiger partial charge in [-0.3, -0.25) is 9.69 Å². The van der Waals surface area contributed by atoms with Crippen molar-refractivity contribution in [3.05, 3.63) is 47.5 Å². The molecule has 6 rings (SSSR count). The number of piperazine rings is 1. The summed E-state index contributed by atoms with van der Waals surface area (Å²) in [5, 5.41) is 0. The van der Waals surface area contributed by atoms with Crippen molar-refractivity contribution in [2.45, 2.75) is 6.42 Å². The first kappa shape index (κ1) is 19.7. The molecule has 0 unspecified atom stereocenters. The van der Waals surface area contributed by atoms with Gasteiger partial charge >= 0.3 is 0 Å². The molecule has 2 aromatic carbocycles. The molecule has 7 nitrogen and oxygen atoms in total. The van der Waals surface area contributed by atoms with E-state index in [4.69, 9.17) is 9.47 Å². The summed E-state index contributed by atoms with van der Waals surface area (Å²) in [5.74, 6) is 1.88. The van der Waals surface area contributed by atoms with E-state index in [0.717, 1.165) is 82.4 Å². The number of ether oxygens (including phenoxy) is 2. The molecule has 1 fully saturated rings. The van der Waals surface area contributed by atoms with Crippen molar-refractivity contribution in [1.29, 1.82) is 0 Å². The van der Waals surface area contributed by atoms with Gasteiger partial charge in [-0.05, 0) is 30.2 Å². The highest BCUT2D eigenvalue weighted by atomic mass is 16.6. The fourth-order valence-electron chi connectivity index (χ4n) is 5.38. The molecule has 2 aromatic rings. The Morgan fingerprint density at radius 3 is 2.47 bits per heavy atom. The largest absolute Gasteiger partial charge is 0.486 e. The number of carbonyl (C=O) groups excluding carboxylic acids is 1. The average molecular weight is 435 g/mol. The van der Waals surface area contributed by atoms with Crippen LogP contribution in [0.2, 0.25) is 0 Å². The van der Waals surface area contributed by atoms with Crippen LogP contribution in [0.1, 0.15) is 15.9 Å². The van der Waals surface area contributed by atoms with E-state index in [1.54, 1.807) is 0 Å². The predicted octanol–water partition coefficient (Wildman–Crippen LogP) is 2.10. The maximum absolute atomic E-state index is 13.2. The monoisotopic (exact) mass is 434 g/mol. The molecule has 0 saturated carbocycles. The van der Waals surface area contributed by atoms with Crippen molar-refractivity contribution in [2.75, 3.05) is 81.9 Å². The number of para-hydroxylation sites is 1. The Labute approximate surface area is 189 Å². The third-order valence-corrected chi connectivity index (χ3v) is 7.19. The summed E-state index contributed by atoms with van der Waals surface area (Å²) in [6.45, 7) is 9.70. The van der Waals surface area contributed by atoms with Crippen molar-refractivity contribution >= 4 is 17.3 Å². The van der Waals surface area contributed by atoms with E-state index in [1.165, 1.54) is 16.9 Å². The summed E-state index contributed by atoms with van der Waals surface area (Å²) in [6, 6.07) is 12.5. The zero-order valence-electron chi connectivity index (χ0n) is 18.5. The topological polar surface area (TPSA) is 48.5 Å². The van der Waals surface area contributed by atoms with Crippen LogP contribution < -0.4 is 19.3 Å². The molecule has 1 amide bonds. The lowest BCUT2D eigenvalue weighted by Crippen LogP contribution is -2.49. The lowest BCUT2D eigenvalue weighted by molar-refractivity contribution is 0.0744.